The third kappa shape index (κ3) is 5.20. The Bertz CT molecular complexity index is 980. The van der Waals surface area contributed by atoms with Gasteiger partial charge in [-0.25, -0.2) is 8.42 Å². The molecule has 0 radical (unpaired) electrons. The first-order chi connectivity index (χ1) is 13.1. The molecule has 7 nitrogen and oxygen atoms in total. The first kappa shape index (κ1) is 21.2. The van der Waals surface area contributed by atoms with Gasteiger partial charge in [0, 0.05) is 25.0 Å². The molecule has 0 spiro atoms. The van der Waals surface area contributed by atoms with Crippen molar-refractivity contribution in [2.24, 2.45) is 0 Å². The molecule has 0 unspecified atom stereocenters. The van der Waals surface area contributed by atoms with Crippen LogP contribution in [0.1, 0.15) is 36.8 Å². The lowest BCUT2D eigenvalue weighted by atomic mass is 10.0. The van der Waals surface area contributed by atoms with Gasteiger partial charge in [-0.15, -0.1) is 0 Å². The smallest absolute Gasteiger partial charge is 0.305 e. The molecule has 2 rings (SSSR count). The Kier molecular flexibility index (Phi) is 6.58. The maximum absolute atomic E-state index is 12.7. The van der Waals surface area contributed by atoms with E-state index in [1.807, 2.05) is 6.92 Å². The van der Waals surface area contributed by atoms with Crippen LogP contribution in [0.3, 0.4) is 0 Å². The zero-order valence-electron chi connectivity index (χ0n) is 15.8. The van der Waals surface area contributed by atoms with Crippen LogP contribution < -0.4 is 4.72 Å². The second kappa shape index (κ2) is 8.71. The van der Waals surface area contributed by atoms with Crippen LogP contribution in [0.25, 0.3) is 6.08 Å². The average molecular weight is 403 g/mol. The second-order valence-corrected chi connectivity index (χ2v) is 7.66. The van der Waals surface area contributed by atoms with Gasteiger partial charge in [-0.2, -0.15) is 0 Å². The number of sulfonamides is 1. The lowest BCUT2D eigenvalue weighted by molar-refractivity contribution is -0.186. The number of carbonyl (C=O) groups excluding carboxylic acids is 2. The van der Waals surface area contributed by atoms with E-state index in [4.69, 9.17) is 9.47 Å². The van der Waals surface area contributed by atoms with Crippen LogP contribution in [0.15, 0.2) is 53.9 Å². The van der Waals surface area contributed by atoms with Crippen LogP contribution in [0, 0.1) is 6.92 Å². The molecule has 2 aromatic carbocycles. The molecule has 28 heavy (non-hydrogen) atoms. The van der Waals surface area contributed by atoms with Crippen LogP contribution in [-0.4, -0.2) is 20.4 Å². The Morgan fingerprint density at radius 3 is 2.11 bits per heavy atom. The molecule has 0 heterocycles. The fourth-order valence-electron chi connectivity index (χ4n) is 2.48. The Hall–Kier alpha value is -3.13. The minimum Gasteiger partial charge on any atom is -0.421 e. The fourth-order valence-corrected chi connectivity index (χ4v) is 3.56. The summed E-state index contributed by atoms with van der Waals surface area (Å²) in [4.78, 5) is 22.9. The Labute approximate surface area is 164 Å². The van der Waals surface area contributed by atoms with E-state index in [9.17, 15) is 18.0 Å². The maximum Gasteiger partial charge on any atom is 0.305 e. The second-order valence-electron chi connectivity index (χ2n) is 5.98. The van der Waals surface area contributed by atoms with E-state index in [0.29, 0.717) is 5.56 Å². The molecule has 2 aromatic rings. The third-order valence-electron chi connectivity index (χ3n) is 3.72. The zero-order chi connectivity index (χ0) is 20.9. The van der Waals surface area contributed by atoms with Gasteiger partial charge in [-0.1, -0.05) is 42.5 Å². The van der Waals surface area contributed by atoms with Crippen LogP contribution in [0.5, 0.6) is 0 Å². The van der Waals surface area contributed by atoms with Gasteiger partial charge in [0.1, 0.15) is 0 Å². The van der Waals surface area contributed by atoms with Gasteiger partial charge >= 0.3 is 11.9 Å². The number of rotatable bonds is 7. The molecule has 0 bridgehead atoms. The number of benzene rings is 2. The molecule has 0 aliphatic carbocycles. The normalized spacial score (nSPS) is 11.0. The van der Waals surface area contributed by atoms with Gasteiger partial charge in [0.25, 0.3) is 16.3 Å². The van der Waals surface area contributed by atoms with Crippen LogP contribution in [0.4, 0.5) is 5.69 Å². The fraction of sp³-hybridized carbons (Fsp3) is 0.200. The monoisotopic (exact) mass is 403 g/mol. The predicted octanol–water partition coefficient (Wildman–Crippen LogP) is 3.56. The summed E-state index contributed by atoms with van der Waals surface area (Å²) in [5, 5.41) is 0. The minimum atomic E-state index is -3.86. The number of aryl methyl sites for hydroxylation is 1. The van der Waals surface area contributed by atoms with Gasteiger partial charge in [0.2, 0.25) is 0 Å². The number of anilines is 1. The maximum atomic E-state index is 12.7. The van der Waals surface area contributed by atoms with Gasteiger partial charge in [0.05, 0.1) is 10.6 Å². The van der Waals surface area contributed by atoms with Crippen LogP contribution in [-0.2, 0) is 29.1 Å². The highest BCUT2D eigenvalue weighted by atomic mass is 32.2. The number of esters is 2. The molecule has 0 atom stereocenters. The van der Waals surface area contributed by atoms with Crippen LogP contribution >= 0.6 is 0 Å². The van der Waals surface area contributed by atoms with Gasteiger partial charge in [-0.05, 0) is 25.1 Å². The zero-order valence-corrected chi connectivity index (χ0v) is 16.6. The third-order valence-corrected chi connectivity index (χ3v) is 5.10. The Morgan fingerprint density at radius 1 is 1.04 bits per heavy atom. The summed E-state index contributed by atoms with van der Waals surface area (Å²) in [7, 11) is -3.86. The van der Waals surface area contributed by atoms with Crippen molar-refractivity contribution in [1.29, 1.82) is 0 Å². The van der Waals surface area contributed by atoms with E-state index in [1.165, 1.54) is 38.1 Å². The van der Waals surface area contributed by atoms with E-state index in [2.05, 4.69) is 11.3 Å². The van der Waals surface area contributed by atoms with Gasteiger partial charge in [0.15, 0.2) is 0 Å². The summed E-state index contributed by atoms with van der Waals surface area (Å²) in [6.45, 7) is 7.90. The van der Waals surface area contributed by atoms with E-state index in [-0.39, 0.29) is 16.1 Å². The van der Waals surface area contributed by atoms with Crippen molar-refractivity contribution in [1.82, 2.24) is 0 Å². The molecule has 0 saturated carbocycles. The summed E-state index contributed by atoms with van der Waals surface area (Å²) in [5.41, 5.74) is 1.74. The molecule has 0 aliphatic heterocycles. The Balaban J connectivity index is 2.47. The number of carbonyl (C=O) groups is 2. The topological polar surface area (TPSA) is 98.8 Å². The summed E-state index contributed by atoms with van der Waals surface area (Å²) in [6, 6.07) is 11.0. The Morgan fingerprint density at radius 2 is 1.61 bits per heavy atom. The van der Waals surface area contributed by atoms with Gasteiger partial charge < -0.3 is 9.47 Å². The van der Waals surface area contributed by atoms with Crippen molar-refractivity contribution >= 4 is 33.7 Å². The minimum absolute atomic E-state index is 0.0926. The molecule has 0 amide bonds. The van der Waals surface area contributed by atoms with Crippen molar-refractivity contribution in [2.45, 2.75) is 32.0 Å². The molecule has 0 aromatic heterocycles. The molecular formula is C20H21NO6S. The first-order valence-electron chi connectivity index (χ1n) is 8.33. The lowest BCUT2D eigenvalue weighted by Gasteiger charge is -2.21. The first-order valence-corrected chi connectivity index (χ1v) is 9.81. The molecule has 0 aliphatic rings. The van der Waals surface area contributed by atoms with E-state index in [0.717, 1.165) is 5.56 Å². The molecule has 1 N–H and O–H groups in total. The summed E-state index contributed by atoms with van der Waals surface area (Å²) in [6.07, 6.45) is 0.0642. The number of hydrogen-bond acceptors (Lipinski definition) is 6. The molecule has 0 fully saturated rings. The molecule has 8 heteroatoms. The number of hydrogen-bond donors (Lipinski definition) is 1. The van der Waals surface area contributed by atoms with Crippen molar-refractivity contribution in [3.63, 3.8) is 0 Å². The number of nitrogens with one attached hydrogen (secondary N) is 1. The summed E-state index contributed by atoms with van der Waals surface area (Å²) < 4.78 is 38.0. The van der Waals surface area contributed by atoms with E-state index in [1.54, 1.807) is 24.3 Å². The highest BCUT2D eigenvalue weighted by molar-refractivity contribution is 7.92. The van der Waals surface area contributed by atoms with Crippen molar-refractivity contribution in [3.05, 3.63) is 65.7 Å². The van der Waals surface area contributed by atoms with Crippen LogP contribution in [0.2, 0.25) is 0 Å². The van der Waals surface area contributed by atoms with Crippen molar-refractivity contribution in [2.75, 3.05) is 4.72 Å². The average Bonchev–Trinajstić information content (AvgIpc) is 2.60. The standard InChI is InChI=1S/C20H21NO6S/c1-5-17-18(20(26-14(3)22)27-15(4)23)7-6-8-19(17)21-28(24,25)16-11-9-13(2)10-12-16/h5-12,20-21H,1H2,2-4H3. The van der Waals surface area contributed by atoms with Gasteiger partial charge in [-0.3, -0.25) is 14.3 Å². The molecule has 148 valence electrons. The lowest BCUT2D eigenvalue weighted by Crippen LogP contribution is -2.18. The number of ether oxygens (including phenoxy) is 2. The summed E-state index contributed by atoms with van der Waals surface area (Å²) in [5.74, 6) is -1.32. The summed E-state index contributed by atoms with van der Waals surface area (Å²) >= 11 is 0. The highest BCUT2D eigenvalue weighted by Gasteiger charge is 2.24. The van der Waals surface area contributed by atoms with Crippen molar-refractivity contribution < 1.29 is 27.5 Å². The highest BCUT2D eigenvalue weighted by Crippen LogP contribution is 2.31. The largest absolute Gasteiger partial charge is 0.421 e. The predicted molar refractivity (Wildman–Crippen MR) is 105 cm³/mol. The quantitative estimate of drug-likeness (QED) is 0.561. The SMILES string of the molecule is C=Cc1c(NS(=O)(=O)c2ccc(C)cc2)cccc1C(OC(C)=O)OC(C)=O. The molecular weight excluding hydrogens is 382 g/mol. The van der Waals surface area contributed by atoms with Crippen molar-refractivity contribution in [3.8, 4) is 0 Å². The van der Waals surface area contributed by atoms with E-state index >= 15 is 0 Å². The van der Waals surface area contributed by atoms with E-state index < -0.39 is 28.3 Å². The molecule has 0 saturated heterocycles.